The minimum Gasteiger partial charge on any atom is -0.368 e. The molecule has 0 amide bonds. The van der Waals surface area contributed by atoms with Gasteiger partial charge in [-0.25, -0.2) is 0 Å². The van der Waals surface area contributed by atoms with E-state index in [9.17, 15) is 0 Å². The Balaban J connectivity index is 1.89. The van der Waals surface area contributed by atoms with Gasteiger partial charge < -0.3 is 10.2 Å². The van der Waals surface area contributed by atoms with Crippen molar-refractivity contribution in [3.63, 3.8) is 0 Å². The van der Waals surface area contributed by atoms with Crippen molar-refractivity contribution in [2.75, 3.05) is 24.5 Å². The molecule has 2 nitrogen and oxygen atoms in total. The minimum absolute atomic E-state index is 0.760. The van der Waals surface area contributed by atoms with Crippen LogP contribution in [0, 0.1) is 6.92 Å². The van der Waals surface area contributed by atoms with Gasteiger partial charge >= 0.3 is 0 Å². The van der Waals surface area contributed by atoms with Crippen molar-refractivity contribution in [2.45, 2.75) is 32.7 Å². The minimum atomic E-state index is 0.760. The predicted molar refractivity (Wildman–Crippen MR) is 79.2 cm³/mol. The molecule has 0 aliphatic heterocycles. The van der Waals surface area contributed by atoms with E-state index in [0.29, 0.717) is 0 Å². The Labute approximate surface area is 111 Å². The Bertz CT molecular complexity index is 407. The number of hydrogen-bond acceptors (Lipinski definition) is 2. The molecule has 0 aromatic heterocycles. The van der Waals surface area contributed by atoms with Crippen LogP contribution in [-0.2, 0) is 0 Å². The molecule has 1 fully saturated rings. The average molecular weight is 244 g/mol. The van der Waals surface area contributed by atoms with Crippen LogP contribution in [0.5, 0.6) is 0 Å². The van der Waals surface area contributed by atoms with Gasteiger partial charge in [0.25, 0.3) is 0 Å². The maximum absolute atomic E-state index is 4.19. The van der Waals surface area contributed by atoms with E-state index >= 15 is 0 Å². The van der Waals surface area contributed by atoms with Gasteiger partial charge in [-0.1, -0.05) is 18.7 Å². The van der Waals surface area contributed by atoms with E-state index in [0.717, 1.165) is 25.7 Å². The SMILES string of the molecule is C=C(CNC1CC1)CN(CC)c1cccc(C)c1. The Morgan fingerprint density at radius 1 is 1.44 bits per heavy atom. The Hall–Kier alpha value is -1.28. The maximum Gasteiger partial charge on any atom is 0.0398 e. The van der Waals surface area contributed by atoms with Crippen LogP contribution in [0.3, 0.4) is 0 Å². The third kappa shape index (κ3) is 3.88. The summed E-state index contributed by atoms with van der Waals surface area (Å²) in [6.45, 7) is 11.4. The molecule has 0 bridgehead atoms. The van der Waals surface area contributed by atoms with Gasteiger partial charge in [0.2, 0.25) is 0 Å². The van der Waals surface area contributed by atoms with E-state index in [1.807, 2.05) is 0 Å². The van der Waals surface area contributed by atoms with E-state index in [1.54, 1.807) is 0 Å². The molecular weight excluding hydrogens is 220 g/mol. The molecule has 0 unspecified atom stereocenters. The highest BCUT2D eigenvalue weighted by atomic mass is 15.1. The molecule has 1 aromatic carbocycles. The number of nitrogens with zero attached hydrogens (tertiary/aromatic N) is 1. The fourth-order valence-corrected chi connectivity index (χ4v) is 2.11. The standard InChI is InChI=1S/C16H24N2/c1-4-18(16-7-5-6-13(2)10-16)12-14(3)11-17-15-8-9-15/h5-7,10,15,17H,3-4,8-9,11-12H2,1-2H3. The van der Waals surface area contributed by atoms with Crippen molar-refractivity contribution in [1.29, 1.82) is 0 Å². The van der Waals surface area contributed by atoms with Gasteiger partial charge in [0.1, 0.15) is 0 Å². The van der Waals surface area contributed by atoms with Crippen molar-refractivity contribution in [3.05, 3.63) is 42.0 Å². The molecule has 1 aromatic rings. The Morgan fingerprint density at radius 2 is 2.22 bits per heavy atom. The first-order chi connectivity index (χ1) is 8.69. The number of nitrogens with one attached hydrogen (secondary N) is 1. The van der Waals surface area contributed by atoms with E-state index in [4.69, 9.17) is 0 Å². The highest BCUT2D eigenvalue weighted by Crippen LogP contribution is 2.19. The molecule has 98 valence electrons. The van der Waals surface area contributed by atoms with Gasteiger partial charge in [-0.3, -0.25) is 0 Å². The second kappa shape index (κ2) is 6.05. The first-order valence-electron chi connectivity index (χ1n) is 6.90. The third-order valence-corrected chi connectivity index (χ3v) is 3.38. The Kier molecular flexibility index (Phi) is 4.43. The van der Waals surface area contributed by atoms with Crippen molar-refractivity contribution in [1.82, 2.24) is 5.32 Å². The van der Waals surface area contributed by atoms with Gasteiger partial charge in [0, 0.05) is 31.4 Å². The average Bonchev–Trinajstić information content (AvgIpc) is 3.17. The van der Waals surface area contributed by atoms with Crippen LogP contribution in [0.2, 0.25) is 0 Å². The molecule has 1 N–H and O–H groups in total. The van der Waals surface area contributed by atoms with Crippen LogP contribution in [0.25, 0.3) is 0 Å². The zero-order valence-electron chi connectivity index (χ0n) is 11.6. The van der Waals surface area contributed by atoms with E-state index in [2.05, 4.69) is 54.9 Å². The summed E-state index contributed by atoms with van der Waals surface area (Å²) in [7, 11) is 0. The first kappa shape index (κ1) is 13.2. The van der Waals surface area contributed by atoms with Crippen LogP contribution >= 0.6 is 0 Å². The largest absolute Gasteiger partial charge is 0.368 e. The summed E-state index contributed by atoms with van der Waals surface area (Å²) in [4.78, 5) is 2.38. The molecule has 0 radical (unpaired) electrons. The molecular formula is C16H24N2. The number of aryl methyl sites for hydroxylation is 1. The lowest BCUT2D eigenvalue weighted by Gasteiger charge is -2.24. The molecule has 0 spiro atoms. The van der Waals surface area contributed by atoms with Crippen LogP contribution in [0.15, 0.2) is 36.4 Å². The summed E-state index contributed by atoms with van der Waals surface area (Å²) < 4.78 is 0. The fourth-order valence-electron chi connectivity index (χ4n) is 2.11. The summed E-state index contributed by atoms with van der Waals surface area (Å²) in [5, 5.41) is 3.52. The smallest absolute Gasteiger partial charge is 0.0398 e. The fraction of sp³-hybridized carbons (Fsp3) is 0.500. The molecule has 1 aliphatic carbocycles. The first-order valence-corrected chi connectivity index (χ1v) is 6.90. The number of benzene rings is 1. The van der Waals surface area contributed by atoms with Crippen molar-refractivity contribution in [3.8, 4) is 0 Å². The zero-order chi connectivity index (χ0) is 13.0. The molecule has 0 heterocycles. The molecule has 18 heavy (non-hydrogen) atoms. The van der Waals surface area contributed by atoms with Crippen LogP contribution in [-0.4, -0.2) is 25.7 Å². The summed E-state index contributed by atoms with van der Waals surface area (Å²) >= 11 is 0. The van der Waals surface area contributed by atoms with Crippen LogP contribution in [0.4, 0.5) is 5.69 Å². The maximum atomic E-state index is 4.19. The second-order valence-corrected chi connectivity index (χ2v) is 5.26. The Morgan fingerprint density at radius 3 is 2.83 bits per heavy atom. The summed E-state index contributed by atoms with van der Waals surface area (Å²) in [6, 6.07) is 9.44. The normalized spacial score (nSPS) is 14.6. The monoisotopic (exact) mass is 244 g/mol. The lowest BCUT2D eigenvalue weighted by Crippen LogP contribution is -2.29. The van der Waals surface area contributed by atoms with Crippen LogP contribution in [0.1, 0.15) is 25.3 Å². The lowest BCUT2D eigenvalue weighted by molar-refractivity contribution is 0.716. The molecule has 2 rings (SSSR count). The van der Waals surface area contributed by atoms with Crippen LogP contribution < -0.4 is 10.2 Å². The van der Waals surface area contributed by atoms with E-state index in [1.165, 1.54) is 29.7 Å². The quantitative estimate of drug-likeness (QED) is 0.741. The molecule has 1 saturated carbocycles. The highest BCUT2D eigenvalue weighted by molar-refractivity contribution is 5.49. The molecule has 1 aliphatic rings. The molecule has 0 saturated heterocycles. The van der Waals surface area contributed by atoms with Crippen molar-refractivity contribution < 1.29 is 0 Å². The van der Waals surface area contributed by atoms with E-state index < -0.39 is 0 Å². The summed E-state index contributed by atoms with van der Waals surface area (Å²) in [5.74, 6) is 0. The van der Waals surface area contributed by atoms with Crippen molar-refractivity contribution in [2.24, 2.45) is 0 Å². The zero-order valence-corrected chi connectivity index (χ0v) is 11.6. The van der Waals surface area contributed by atoms with Crippen molar-refractivity contribution >= 4 is 5.69 Å². The van der Waals surface area contributed by atoms with E-state index in [-0.39, 0.29) is 0 Å². The number of hydrogen-bond donors (Lipinski definition) is 1. The summed E-state index contributed by atoms with van der Waals surface area (Å²) in [6.07, 6.45) is 2.67. The van der Waals surface area contributed by atoms with Gasteiger partial charge in [0.05, 0.1) is 0 Å². The predicted octanol–water partition coefficient (Wildman–Crippen LogP) is 3.13. The summed E-state index contributed by atoms with van der Waals surface area (Å²) in [5.41, 5.74) is 3.88. The number of anilines is 1. The number of likely N-dealkylation sites (N-methyl/N-ethyl adjacent to an activating group) is 1. The number of rotatable bonds is 7. The third-order valence-electron chi connectivity index (χ3n) is 3.38. The lowest BCUT2D eigenvalue weighted by atomic mass is 10.2. The molecule has 0 atom stereocenters. The molecule has 2 heteroatoms. The van der Waals surface area contributed by atoms with Gasteiger partial charge in [-0.15, -0.1) is 0 Å². The van der Waals surface area contributed by atoms with Gasteiger partial charge in [-0.05, 0) is 50.0 Å². The highest BCUT2D eigenvalue weighted by Gasteiger charge is 2.20. The second-order valence-electron chi connectivity index (χ2n) is 5.26. The topological polar surface area (TPSA) is 15.3 Å². The van der Waals surface area contributed by atoms with Gasteiger partial charge in [-0.2, -0.15) is 0 Å². The van der Waals surface area contributed by atoms with Gasteiger partial charge in [0.15, 0.2) is 0 Å².